The van der Waals surface area contributed by atoms with Gasteiger partial charge in [-0.15, -0.1) is 35.3 Å². The van der Waals surface area contributed by atoms with Crippen molar-refractivity contribution >= 4 is 47.2 Å². The summed E-state index contributed by atoms with van der Waals surface area (Å²) in [4.78, 5) is 17.4. The fourth-order valence-corrected chi connectivity index (χ4v) is 3.21. The predicted molar refractivity (Wildman–Crippen MR) is 127 cm³/mol. The normalized spacial score (nSPS) is 13.2. The van der Waals surface area contributed by atoms with Gasteiger partial charge in [-0.1, -0.05) is 24.3 Å². The average Bonchev–Trinajstić information content (AvgIpc) is 3.22. The zero-order valence-electron chi connectivity index (χ0n) is 16.3. The molecule has 1 amide bonds. The van der Waals surface area contributed by atoms with E-state index in [4.69, 9.17) is 0 Å². The highest BCUT2D eigenvalue weighted by Gasteiger charge is 2.23. The van der Waals surface area contributed by atoms with Gasteiger partial charge in [-0.05, 0) is 43.8 Å². The summed E-state index contributed by atoms with van der Waals surface area (Å²) in [5, 5.41) is 21.8. The van der Waals surface area contributed by atoms with Gasteiger partial charge < -0.3 is 21.1 Å². The maximum Gasteiger partial charge on any atom is 0.251 e. The molecule has 0 aliphatic carbocycles. The van der Waals surface area contributed by atoms with Gasteiger partial charge in [0.15, 0.2) is 5.96 Å². The van der Waals surface area contributed by atoms with Crippen molar-refractivity contribution in [1.82, 2.24) is 16.0 Å². The van der Waals surface area contributed by atoms with Crippen molar-refractivity contribution in [2.45, 2.75) is 25.9 Å². The van der Waals surface area contributed by atoms with Crippen molar-refractivity contribution in [1.29, 1.82) is 0 Å². The highest BCUT2D eigenvalue weighted by Crippen LogP contribution is 2.25. The number of aliphatic imine (C=N–C) groups is 1. The Hall–Kier alpha value is -1.65. The molecule has 154 valence electrons. The Labute approximate surface area is 187 Å². The summed E-state index contributed by atoms with van der Waals surface area (Å²) in [6.45, 7) is 6.01. The topological polar surface area (TPSA) is 85.8 Å². The van der Waals surface area contributed by atoms with Gasteiger partial charge in [0.25, 0.3) is 5.91 Å². The zero-order chi connectivity index (χ0) is 19.5. The minimum Gasteiger partial charge on any atom is -0.383 e. The second kappa shape index (κ2) is 12.7. The van der Waals surface area contributed by atoms with Gasteiger partial charge in [0.05, 0.1) is 6.54 Å². The summed E-state index contributed by atoms with van der Waals surface area (Å²) >= 11 is 1.52. The number of aliphatic hydroxyl groups is 1. The van der Waals surface area contributed by atoms with Gasteiger partial charge in [-0.2, -0.15) is 0 Å². The third-order valence-electron chi connectivity index (χ3n) is 3.91. The molecular weight excluding hydrogens is 487 g/mol. The van der Waals surface area contributed by atoms with Crippen molar-refractivity contribution in [2.75, 3.05) is 26.2 Å². The van der Waals surface area contributed by atoms with E-state index >= 15 is 0 Å². The number of nitrogens with zero attached hydrogens (tertiary/aromatic N) is 1. The molecule has 1 atom stereocenters. The molecule has 2 aromatic rings. The second-order valence-electron chi connectivity index (χ2n) is 6.35. The van der Waals surface area contributed by atoms with Crippen LogP contribution in [0.4, 0.5) is 0 Å². The van der Waals surface area contributed by atoms with Gasteiger partial charge >= 0.3 is 0 Å². The smallest absolute Gasteiger partial charge is 0.251 e. The van der Waals surface area contributed by atoms with Crippen LogP contribution in [0.2, 0.25) is 0 Å². The van der Waals surface area contributed by atoms with Crippen molar-refractivity contribution in [3.8, 4) is 0 Å². The fourth-order valence-electron chi connectivity index (χ4n) is 2.43. The highest BCUT2D eigenvalue weighted by molar-refractivity contribution is 14.0. The Balaban J connectivity index is 0.00000392. The van der Waals surface area contributed by atoms with E-state index in [1.807, 2.05) is 42.6 Å². The van der Waals surface area contributed by atoms with E-state index in [0.29, 0.717) is 24.6 Å². The van der Waals surface area contributed by atoms with Crippen LogP contribution in [-0.4, -0.2) is 43.2 Å². The number of amides is 1. The van der Waals surface area contributed by atoms with E-state index in [1.165, 1.54) is 11.3 Å². The first-order valence-electron chi connectivity index (χ1n) is 9.14. The average molecular weight is 516 g/mol. The Morgan fingerprint density at radius 2 is 1.82 bits per heavy atom. The molecule has 6 nitrogen and oxygen atoms in total. The van der Waals surface area contributed by atoms with E-state index in [0.717, 1.165) is 17.8 Å². The summed E-state index contributed by atoms with van der Waals surface area (Å²) in [7, 11) is 0. The van der Waals surface area contributed by atoms with Crippen LogP contribution < -0.4 is 16.0 Å². The molecule has 28 heavy (non-hydrogen) atoms. The molecule has 0 radical (unpaired) electrons. The Morgan fingerprint density at radius 3 is 2.46 bits per heavy atom. The molecule has 0 spiro atoms. The van der Waals surface area contributed by atoms with Crippen molar-refractivity contribution in [3.63, 3.8) is 0 Å². The largest absolute Gasteiger partial charge is 0.383 e. The Morgan fingerprint density at radius 1 is 1.11 bits per heavy atom. The lowest BCUT2D eigenvalue weighted by molar-refractivity contribution is 0.0711. The Kier molecular flexibility index (Phi) is 11.1. The van der Waals surface area contributed by atoms with Gasteiger partial charge in [0.2, 0.25) is 0 Å². The molecule has 0 saturated heterocycles. The quantitative estimate of drug-likeness (QED) is 0.179. The zero-order valence-corrected chi connectivity index (χ0v) is 19.4. The molecule has 1 aromatic carbocycles. The van der Waals surface area contributed by atoms with Crippen LogP contribution in [0.3, 0.4) is 0 Å². The number of nitrogens with one attached hydrogen (secondary N) is 3. The number of halogens is 1. The number of benzene rings is 1. The lowest BCUT2D eigenvalue weighted by Gasteiger charge is -2.20. The van der Waals surface area contributed by atoms with E-state index in [1.54, 1.807) is 19.1 Å². The summed E-state index contributed by atoms with van der Waals surface area (Å²) in [6, 6.07) is 13.0. The molecule has 1 heterocycles. The molecule has 4 N–H and O–H groups in total. The monoisotopic (exact) mass is 516 g/mol. The molecule has 1 unspecified atom stereocenters. The Bertz CT molecular complexity index is 721. The van der Waals surface area contributed by atoms with Crippen molar-refractivity contribution in [3.05, 3.63) is 58.3 Å². The predicted octanol–water partition coefficient (Wildman–Crippen LogP) is 2.95. The van der Waals surface area contributed by atoms with E-state index in [9.17, 15) is 9.90 Å². The number of hydrogen-bond donors (Lipinski definition) is 4. The van der Waals surface area contributed by atoms with Gasteiger partial charge in [-0.3, -0.25) is 4.79 Å². The van der Waals surface area contributed by atoms with Gasteiger partial charge in [0.1, 0.15) is 5.60 Å². The lowest BCUT2D eigenvalue weighted by atomic mass is 10.1. The van der Waals surface area contributed by atoms with Gasteiger partial charge in [-0.25, -0.2) is 4.99 Å². The van der Waals surface area contributed by atoms with Crippen LogP contribution >= 0.6 is 35.3 Å². The standard InChI is InChI=1S/C20H28N4O2S.HI/c1-3-21-19(24-15-20(2,26)17-11-7-14-27-17)23-13-8-12-22-18(25)16-9-5-4-6-10-16;/h4-7,9-11,14,26H,3,8,12-13,15H2,1-2H3,(H,22,25)(H2,21,23,24);1H. The molecule has 2 rings (SSSR count). The maximum absolute atomic E-state index is 12.0. The number of carbonyl (C=O) groups is 1. The van der Waals surface area contributed by atoms with Crippen LogP contribution in [0.5, 0.6) is 0 Å². The van der Waals surface area contributed by atoms with E-state index < -0.39 is 5.60 Å². The fraction of sp³-hybridized carbons (Fsp3) is 0.400. The number of carbonyl (C=O) groups excluding carboxylic acids is 1. The van der Waals surface area contributed by atoms with Crippen LogP contribution in [0, 0.1) is 0 Å². The van der Waals surface area contributed by atoms with E-state index in [2.05, 4.69) is 20.9 Å². The number of guanidine groups is 1. The summed E-state index contributed by atoms with van der Waals surface area (Å²) < 4.78 is 0. The maximum atomic E-state index is 12.0. The number of hydrogen-bond acceptors (Lipinski definition) is 4. The van der Waals surface area contributed by atoms with Crippen LogP contribution in [0.15, 0.2) is 52.8 Å². The van der Waals surface area contributed by atoms with Crippen LogP contribution in [-0.2, 0) is 5.60 Å². The summed E-state index contributed by atoms with van der Waals surface area (Å²) in [5.41, 5.74) is -0.323. The van der Waals surface area contributed by atoms with Gasteiger partial charge in [0, 0.05) is 30.1 Å². The third kappa shape index (κ3) is 8.15. The molecule has 0 aliphatic rings. The van der Waals surface area contributed by atoms with Crippen LogP contribution in [0.25, 0.3) is 0 Å². The van der Waals surface area contributed by atoms with Crippen molar-refractivity contribution in [2.24, 2.45) is 4.99 Å². The summed E-state index contributed by atoms with van der Waals surface area (Å²) in [6.07, 6.45) is 0.768. The first kappa shape index (κ1) is 24.4. The SMILES string of the molecule is CCNC(=NCC(C)(O)c1cccs1)NCCCNC(=O)c1ccccc1.I. The second-order valence-corrected chi connectivity index (χ2v) is 7.30. The molecule has 0 fully saturated rings. The molecule has 0 aliphatic heterocycles. The minimum atomic E-state index is -0.986. The lowest BCUT2D eigenvalue weighted by Crippen LogP contribution is -2.40. The molecule has 1 aromatic heterocycles. The van der Waals surface area contributed by atoms with E-state index in [-0.39, 0.29) is 36.4 Å². The number of thiophene rings is 1. The van der Waals surface area contributed by atoms with Crippen molar-refractivity contribution < 1.29 is 9.90 Å². The first-order chi connectivity index (χ1) is 13.0. The molecule has 8 heteroatoms. The third-order valence-corrected chi connectivity index (χ3v) is 5.03. The summed E-state index contributed by atoms with van der Waals surface area (Å²) in [5.74, 6) is 0.590. The highest BCUT2D eigenvalue weighted by atomic mass is 127. The minimum absolute atomic E-state index is 0. The number of rotatable bonds is 9. The van der Waals surface area contributed by atoms with Crippen LogP contribution in [0.1, 0.15) is 35.5 Å². The molecular formula is C20H29IN4O2S. The first-order valence-corrected chi connectivity index (χ1v) is 10.0. The molecule has 0 bridgehead atoms. The molecule has 0 saturated carbocycles.